The van der Waals surface area contributed by atoms with Crippen molar-refractivity contribution in [1.29, 1.82) is 0 Å². The molecule has 3 heteroatoms. The zero-order chi connectivity index (χ0) is 18.0. The molecule has 0 N–H and O–H groups in total. The fraction of sp³-hybridized carbons (Fsp3) is 0. The van der Waals surface area contributed by atoms with Gasteiger partial charge in [0, 0.05) is 27.2 Å². The van der Waals surface area contributed by atoms with Crippen molar-refractivity contribution in [3.63, 3.8) is 0 Å². The van der Waals surface area contributed by atoms with E-state index in [1.807, 2.05) is 0 Å². The fourth-order valence-electron chi connectivity index (χ4n) is 4.24. The third-order valence-electron chi connectivity index (χ3n) is 5.42. The lowest BCUT2D eigenvalue weighted by Crippen LogP contribution is -1.92. The highest BCUT2D eigenvalue weighted by molar-refractivity contribution is 14.1. The van der Waals surface area contributed by atoms with Gasteiger partial charge in [-0.1, -0.05) is 54.6 Å². The van der Waals surface area contributed by atoms with Gasteiger partial charge in [-0.15, -0.1) is 0 Å². The van der Waals surface area contributed by atoms with Gasteiger partial charge < -0.3 is 4.57 Å². The molecule has 128 valence electrons. The topological polar surface area (TPSA) is 9.86 Å². The number of halogens is 1. The van der Waals surface area contributed by atoms with Crippen molar-refractivity contribution in [2.24, 2.45) is 0 Å². The fourth-order valence-corrected chi connectivity index (χ4v) is 5.06. The molecule has 0 aliphatic rings. The van der Waals surface area contributed by atoms with Crippen molar-refractivity contribution >= 4 is 66.5 Å². The third kappa shape index (κ3) is 2.06. The van der Waals surface area contributed by atoms with Crippen LogP contribution in [0.4, 0.5) is 0 Å². The van der Waals surface area contributed by atoms with Crippen LogP contribution in [0.1, 0.15) is 0 Å². The van der Waals surface area contributed by atoms with Crippen LogP contribution in [0.15, 0.2) is 91.0 Å². The molecule has 0 amide bonds. The molecule has 6 rings (SSSR count). The van der Waals surface area contributed by atoms with E-state index >= 15 is 0 Å². The molecule has 0 fully saturated rings. The van der Waals surface area contributed by atoms with Crippen molar-refractivity contribution in [1.82, 2.24) is 7.35 Å². The summed E-state index contributed by atoms with van der Waals surface area (Å²) in [6, 6.07) is 32.6. The molecule has 0 radical (unpaired) electrons. The minimum atomic E-state index is 1.20. The molecule has 0 spiro atoms. The van der Waals surface area contributed by atoms with Gasteiger partial charge >= 0.3 is 0 Å². The second-order valence-corrected chi connectivity index (χ2v) is 7.84. The minimum Gasteiger partial charge on any atom is -0.309 e. The van der Waals surface area contributed by atoms with Crippen molar-refractivity contribution < 1.29 is 0 Å². The van der Waals surface area contributed by atoms with Crippen molar-refractivity contribution in [2.75, 3.05) is 0 Å². The summed E-state index contributed by atoms with van der Waals surface area (Å²) in [5.74, 6) is 0. The van der Waals surface area contributed by atoms with Crippen LogP contribution in [0.25, 0.3) is 49.3 Å². The van der Waals surface area contributed by atoms with Crippen molar-refractivity contribution in [3.8, 4) is 5.69 Å². The van der Waals surface area contributed by atoms with Crippen molar-refractivity contribution in [3.05, 3.63) is 91.0 Å². The van der Waals surface area contributed by atoms with Gasteiger partial charge in [0.15, 0.2) is 0 Å². The smallest absolute Gasteiger partial charge is 0.0646 e. The zero-order valence-electron chi connectivity index (χ0n) is 14.4. The van der Waals surface area contributed by atoms with Gasteiger partial charge in [-0.3, -0.25) is 2.78 Å². The number of hydrogen-bond acceptors (Lipinski definition) is 0. The molecule has 2 aromatic heterocycles. The summed E-state index contributed by atoms with van der Waals surface area (Å²) in [6.07, 6.45) is 0. The largest absolute Gasteiger partial charge is 0.309 e. The lowest BCUT2D eigenvalue weighted by atomic mass is 10.1. The number of benzene rings is 4. The van der Waals surface area contributed by atoms with Gasteiger partial charge in [0.25, 0.3) is 0 Å². The van der Waals surface area contributed by atoms with Crippen LogP contribution in [0, 0.1) is 0 Å². The SMILES string of the molecule is In1c2ccccc2c2cc3c(cc21)c1ccccc1n3-c1ccccc1. The second-order valence-electron chi connectivity index (χ2n) is 6.87. The van der Waals surface area contributed by atoms with E-state index in [9.17, 15) is 0 Å². The molecule has 0 atom stereocenters. The molecule has 2 nitrogen and oxygen atoms in total. The van der Waals surface area contributed by atoms with E-state index in [4.69, 9.17) is 0 Å². The van der Waals surface area contributed by atoms with Crippen LogP contribution in [-0.2, 0) is 0 Å². The van der Waals surface area contributed by atoms with E-state index in [0.29, 0.717) is 0 Å². The monoisotopic (exact) mass is 458 g/mol. The Morgan fingerprint density at radius 3 is 1.81 bits per heavy atom. The Bertz CT molecular complexity index is 1470. The Hall–Kier alpha value is -2.79. The normalized spacial score (nSPS) is 11.9. The Morgan fingerprint density at radius 1 is 0.481 bits per heavy atom. The van der Waals surface area contributed by atoms with Gasteiger partial charge in [-0.05, 0) is 36.4 Å². The Balaban J connectivity index is 1.88. The number of aromatic nitrogens is 2. The number of hydrogen-bond donors (Lipinski definition) is 0. The average Bonchev–Trinajstić information content (AvgIpc) is 3.20. The lowest BCUT2D eigenvalue weighted by Gasteiger charge is -2.07. The van der Waals surface area contributed by atoms with Gasteiger partial charge in [0.1, 0.15) is 0 Å². The minimum absolute atomic E-state index is 1.20. The molecule has 0 unspecified atom stereocenters. The summed E-state index contributed by atoms with van der Waals surface area (Å²) in [7, 11) is 0. The molecular formula is C24H15IN2. The van der Waals surface area contributed by atoms with E-state index in [1.54, 1.807) is 0 Å². The maximum atomic E-state index is 2.42. The maximum Gasteiger partial charge on any atom is 0.0646 e. The molecule has 0 bridgehead atoms. The second kappa shape index (κ2) is 5.60. The third-order valence-corrected chi connectivity index (χ3v) is 6.46. The lowest BCUT2D eigenvalue weighted by molar-refractivity contribution is 1.18. The van der Waals surface area contributed by atoms with Gasteiger partial charge in [-0.2, -0.15) is 0 Å². The predicted molar refractivity (Wildman–Crippen MR) is 123 cm³/mol. The number of fused-ring (bicyclic) bond motifs is 6. The van der Waals surface area contributed by atoms with Crippen LogP contribution in [-0.4, -0.2) is 7.35 Å². The number of para-hydroxylation sites is 3. The molecule has 0 saturated heterocycles. The van der Waals surface area contributed by atoms with E-state index in [1.165, 1.54) is 49.3 Å². The molecular weight excluding hydrogens is 443 g/mol. The highest BCUT2D eigenvalue weighted by atomic mass is 127. The molecule has 0 aliphatic carbocycles. The van der Waals surface area contributed by atoms with Gasteiger partial charge in [0.2, 0.25) is 0 Å². The highest BCUT2D eigenvalue weighted by Crippen LogP contribution is 2.38. The Morgan fingerprint density at radius 2 is 1.04 bits per heavy atom. The van der Waals surface area contributed by atoms with Gasteiger partial charge in [0.05, 0.1) is 44.9 Å². The van der Waals surface area contributed by atoms with E-state index in [-0.39, 0.29) is 0 Å². The first-order valence-electron chi connectivity index (χ1n) is 9.01. The van der Waals surface area contributed by atoms with Crippen molar-refractivity contribution in [2.45, 2.75) is 0 Å². The summed E-state index contributed by atoms with van der Waals surface area (Å²) >= 11 is 2.42. The molecule has 2 heterocycles. The first-order chi connectivity index (χ1) is 13.3. The van der Waals surface area contributed by atoms with Crippen LogP contribution in [0.3, 0.4) is 0 Å². The summed E-state index contributed by atoms with van der Waals surface area (Å²) in [5, 5.41) is 5.18. The van der Waals surface area contributed by atoms with Crippen LogP contribution in [0.2, 0.25) is 0 Å². The molecule has 27 heavy (non-hydrogen) atoms. The summed E-state index contributed by atoms with van der Waals surface area (Å²) in [6.45, 7) is 0. The Labute approximate surface area is 170 Å². The summed E-state index contributed by atoms with van der Waals surface area (Å²) < 4.78 is 4.65. The van der Waals surface area contributed by atoms with E-state index < -0.39 is 0 Å². The zero-order valence-corrected chi connectivity index (χ0v) is 16.6. The van der Waals surface area contributed by atoms with Gasteiger partial charge in [-0.25, -0.2) is 0 Å². The Kier molecular flexibility index (Phi) is 3.17. The van der Waals surface area contributed by atoms with E-state index in [0.717, 1.165) is 0 Å². The maximum absolute atomic E-state index is 2.42. The standard InChI is InChI=1S/C24H15IN2/c25-27-22-13-7-5-11-18(22)20-14-23-19(15-24(20)27)17-10-4-6-12-21(17)26(23)16-8-2-1-3-9-16/h1-15H. The van der Waals surface area contributed by atoms with Crippen LogP contribution < -0.4 is 0 Å². The highest BCUT2D eigenvalue weighted by Gasteiger charge is 2.16. The molecule has 0 saturated carbocycles. The first-order valence-corrected chi connectivity index (χ1v) is 9.97. The average molecular weight is 458 g/mol. The first kappa shape index (κ1) is 15.3. The van der Waals surface area contributed by atoms with Crippen LogP contribution in [0.5, 0.6) is 0 Å². The summed E-state index contributed by atoms with van der Waals surface area (Å²) in [4.78, 5) is 0. The van der Waals surface area contributed by atoms with Crippen LogP contribution >= 0.6 is 22.9 Å². The number of nitrogens with zero attached hydrogens (tertiary/aromatic N) is 2. The quantitative estimate of drug-likeness (QED) is 0.233. The van der Waals surface area contributed by atoms with E-state index in [2.05, 4.69) is 121 Å². The molecule has 6 aromatic rings. The molecule has 4 aromatic carbocycles. The summed E-state index contributed by atoms with van der Waals surface area (Å²) in [5.41, 5.74) is 6.22. The molecule has 0 aliphatic heterocycles. The number of rotatable bonds is 1. The predicted octanol–water partition coefficient (Wildman–Crippen LogP) is 7.09.